The smallest absolute Gasteiger partial charge is 0.0467 e. The summed E-state index contributed by atoms with van der Waals surface area (Å²) >= 11 is 0. The van der Waals surface area contributed by atoms with Gasteiger partial charge in [-0.15, -0.1) is 0 Å². The molecule has 0 aromatic heterocycles. The van der Waals surface area contributed by atoms with Gasteiger partial charge < -0.3 is 21.3 Å². The van der Waals surface area contributed by atoms with Crippen molar-refractivity contribution in [1.29, 1.82) is 0 Å². The third-order valence-corrected chi connectivity index (χ3v) is 8.92. The lowest BCUT2D eigenvalue weighted by atomic mass is 10.00. The van der Waals surface area contributed by atoms with E-state index in [-0.39, 0.29) is 0 Å². The van der Waals surface area contributed by atoms with Gasteiger partial charge in [0.25, 0.3) is 0 Å². The average Bonchev–Trinajstić information content (AvgIpc) is 2.95. The summed E-state index contributed by atoms with van der Waals surface area (Å²) in [5, 5.41) is 0. The highest BCUT2D eigenvalue weighted by Crippen LogP contribution is 2.33. The number of nitrogens with two attached hydrogens (primary N) is 2. The van der Waals surface area contributed by atoms with Crippen molar-refractivity contribution in [1.82, 2.24) is 0 Å². The summed E-state index contributed by atoms with van der Waals surface area (Å²) < 4.78 is 0. The number of unbranched alkanes of at least 4 members (excludes halogenated alkanes) is 13. The topological polar surface area (TPSA) is 58.5 Å². The predicted octanol–water partition coefficient (Wildman–Crippen LogP) is 8.86. The molecule has 4 rings (SSSR count). The second-order valence-corrected chi connectivity index (χ2v) is 12.1. The average molecular weight is 543 g/mol. The molecule has 0 radical (unpaired) electrons. The van der Waals surface area contributed by atoms with E-state index in [1.807, 2.05) is 0 Å². The number of nitrogens with zero attached hydrogens (tertiary/aromatic N) is 2. The second kappa shape index (κ2) is 15.8. The van der Waals surface area contributed by atoms with Crippen molar-refractivity contribution in [2.45, 2.75) is 116 Å². The molecule has 4 N–H and O–H groups in total. The summed E-state index contributed by atoms with van der Waals surface area (Å²) in [4.78, 5) is 5.04. The fourth-order valence-electron chi connectivity index (χ4n) is 6.59. The number of anilines is 2. The van der Waals surface area contributed by atoms with Crippen molar-refractivity contribution >= 4 is 22.8 Å². The minimum Gasteiger partial charge on any atom is -0.398 e. The monoisotopic (exact) mass is 542 g/mol. The maximum atomic E-state index is 6.26. The molecule has 4 heteroatoms. The Morgan fingerprint density at radius 2 is 0.775 bits per heavy atom. The molecule has 40 heavy (non-hydrogen) atoms. The molecule has 0 bridgehead atoms. The third kappa shape index (κ3) is 8.32. The van der Waals surface area contributed by atoms with Crippen LogP contribution >= 0.6 is 0 Å². The Balaban J connectivity index is 0.949. The zero-order valence-corrected chi connectivity index (χ0v) is 25.3. The Morgan fingerprint density at radius 3 is 1.12 bits per heavy atom. The number of benzene rings is 2. The molecule has 0 fully saturated rings. The highest BCUT2D eigenvalue weighted by molar-refractivity contribution is 5.80. The van der Waals surface area contributed by atoms with E-state index in [1.54, 1.807) is 0 Å². The van der Waals surface area contributed by atoms with Crippen LogP contribution in [0.25, 0.3) is 11.4 Å². The minimum atomic E-state index is 0.384. The minimum absolute atomic E-state index is 0.384. The third-order valence-electron chi connectivity index (χ3n) is 8.92. The van der Waals surface area contributed by atoms with Crippen molar-refractivity contribution in [3.63, 3.8) is 0 Å². The molecular weight excluding hydrogens is 488 g/mol. The quantitative estimate of drug-likeness (QED) is 0.196. The number of hydrogen-bond donors (Lipinski definition) is 2. The number of hydrogen-bond acceptors (Lipinski definition) is 4. The van der Waals surface area contributed by atoms with E-state index in [2.05, 4.69) is 84.3 Å². The van der Waals surface area contributed by atoms with Gasteiger partial charge in [0, 0.05) is 59.1 Å². The van der Waals surface area contributed by atoms with E-state index in [4.69, 9.17) is 11.5 Å². The maximum absolute atomic E-state index is 6.26. The zero-order valence-electron chi connectivity index (χ0n) is 25.3. The fourth-order valence-corrected chi connectivity index (χ4v) is 6.59. The first-order chi connectivity index (χ1) is 19.6. The Labute approximate surface area is 244 Å². The summed E-state index contributed by atoms with van der Waals surface area (Å²) in [6.45, 7) is 6.77. The normalized spacial score (nSPS) is 18.2. The highest BCUT2D eigenvalue weighted by atomic mass is 15.2. The van der Waals surface area contributed by atoms with Gasteiger partial charge in [0.15, 0.2) is 0 Å². The fraction of sp³-hybridized carbons (Fsp3) is 0.556. The molecule has 2 aromatic carbocycles. The zero-order chi connectivity index (χ0) is 28.2. The van der Waals surface area contributed by atoms with Crippen LogP contribution in [0, 0.1) is 0 Å². The van der Waals surface area contributed by atoms with Crippen LogP contribution in [0.15, 0.2) is 60.7 Å². The molecule has 0 spiro atoms. The predicted molar refractivity (Wildman–Crippen MR) is 175 cm³/mol. The lowest BCUT2D eigenvalue weighted by Crippen LogP contribution is -2.36. The van der Waals surface area contributed by atoms with E-state index in [1.165, 1.54) is 112 Å². The Hall–Kier alpha value is -2.88. The molecule has 0 amide bonds. The van der Waals surface area contributed by atoms with E-state index in [9.17, 15) is 0 Å². The van der Waals surface area contributed by atoms with Gasteiger partial charge in [-0.3, -0.25) is 0 Å². The second-order valence-electron chi connectivity index (χ2n) is 12.1. The van der Waals surface area contributed by atoms with Gasteiger partial charge in [-0.25, -0.2) is 0 Å². The van der Waals surface area contributed by atoms with Crippen molar-refractivity contribution < 1.29 is 0 Å². The van der Waals surface area contributed by atoms with Gasteiger partial charge in [0.05, 0.1) is 0 Å². The summed E-state index contributed by atoms with van der Waals surface area (Å²) in [5.74, 6) is 0. The largest absolute Gasteiger partial charge is 0.398 e. The van der Waals surface area contributed by atoms with Crippen LogP contribution in [0.1, 0.15) is 115 Å². The Kier molecular flexibility index (Phi) is 11.9. The van der Waals surface area contributed by atoms with Crippen LogP contribution in [-0.2, 0) is 0 Å². The Bertz CT molecular complexity index is 1020. The van der Waals surface area contributed by atoms with Crippen molar-refractivity contribution in [2.24, 2.45) is 11.5 Å². The molecule has 2 unspecified atom stereocenters. The molecule has 4 nitrogen and oxygen atoms in total. The van der Waals surface area contributed by atoms with Crippen LogP contribution < -0.4 is 21.3 Å². The van der Waals surface area contributed by atoms with Crippen LogP contribution in [-0.4, -0.2) is 25.2 Å². The number of fused-ring (bicyclic) bond motifs is 2. The molecule has 2 atom stereocenters. The number of rotatable bonds is 17. The molecule has 218 valence electrons. The van der Waals surface area contributed by atoms with Crippen molar-refractivity contribution in [2.75, 3.05) is 22.9 Å². The van der Waals surface area contributed by atoms with Gasteiger partial charge in [-0.1, -0.05) is 113 Å². The number of para-hydroxylation sites is 2. The van der Waals surface area contributed by atoms with Gasteiger partial charge in [0.1, 0.15) is 0 Å². The molecule has 2 heterocycles. The lowest BCUT2D eigenvalue weighted by Gasteiger charge is -2.35. The van der Waals surface area contributed by atoms with Gasteiger partial charge in [-0.05, 0) is 51.0 Å². The van der Waals surface area contributed by atoms with Crippen LogP contribution in [0.3, 0.4) is 0 Å². The summed E-state index contributed by atoms with van der Waals surface area (Å²) in [6, 6.07) is 17.9. The van der Waals surface area contributed by atoms with Crippen LogP contribution in [0.4, 0.5) is 11.4 Å². The van der Waals surface area contributed by atoms with Gasteiger partial charge >= 0.3 is 0 Å². The Morgan fingerprint density at radius 1 is 0.475 bits per heavy atom. The standard InChI is InChI=1S/C36H54N4/c1-29-27-33(37)31-21-15-17-23-35(31)39(29)25-19-13-11-9-7-5-3-4-6-8-10-12-14-20-26-40-30(2)28-34(38)32-22-16-18-24-36(32)40/h15-18,21-24,27-30H,3-14,19-20,25-26,37-38H2,1-2H3. The van der Waals surface area contributed by atoms with E-state index >= 15 is 0 Å². The summed E-state index contributed by atoms with van der Waals surface area (Å²) in [6.07, 6.45) is 23.6. The molecule has 2 aliphatic rings. The van der Waals surface area contributed by atoms with Crippen molar-refractivity contribution in [3.8, 4) is 0 Å². The first-order valence-corrected chi connectivity index (χ1v) is 16.2. The van der Waals surface area contributed by atoms with Gasteiger partial charge in [0.2, 0.25) is 0 Å². The molecule has 2 aliphatic heterocycles. The maximum Gasteiger partial charge on any atom is 0.0467 e. The van der Waals surface area contributed by atoms with E-state index < -0.39 is 0 Å². The molecule has 2 aromatic rings. The lowest BCUT2D eigenvalue weighted by molar-refractivity contribution is 0.529. The van der Waals surface area contributed by atoms with Crippen LogP contribution in [0.2, 0.25) is 0 Å². The van der Waals surface area contributed by atoms with Gasteiger partial charge in [-0.2, -0.15) is 0 Å². The highest BCUT2D eigenvalue weighted by Gasteiger charge is 2.22. The van der Waals surface area contributed by atoms with Crippen molar-refractivity contribution in [3.05, 3.63) is 71.8 Å². The van der Waals surface area contributed by atoms with Crippen LogP contribution in [0.5, 0.6) is 0 Å². The SMILES string of the molecule is CC1C=C(N)c2ccccc2N1CCCCCCCCCCCCCCCCN1c2ccccc2C(N)=CC1C. The summed E-state index contributed by atoms with van der Waals surface area (Å²) in [7, 11) is 0. The summed E-state index contributed by atoms with van der Waals surface area (Å²) in [5.41, 5.74) is 19.4. The molecule has 0 saturated heterocycles. The van der Waals surface area contributed by atoms with E-state index in [0.717, 1.165) is 24.5 Å². The molecular formula is C36H54N4. The first-order valence-electron chi connectivity index (χ1n) is 16.2. The molecule has 0 aliphatic carbocycles. The van der Waals surface area contributed by atoms with E-state index in [0.29, 0.717) is 12.1 Å². The molecule has 0 saturated carbocycles. The first kappa shape index (κ1) is 30.1.